The molecular weight excluding hydrogens is 272 g/mol. The topological polar surface area (TPSA) is 49.4 Å². The molecule has 0 bridgehead atoms. The molecule has 1 aromatic rings. The van der Waals surface area contributed by atoms with Crippen LogP contribution >= 0.6 is 0 Å². The van der Waals surface area contributed by atoms with E-state index in [9.17, 15) is 8.42 Å². The Morgan fingerprint density at radius 2 is 1.80 bits per heavy atom. The Kier molecular flexibility index (Phi) is 5.43. The fourth-order valence-electron chi connectivity index (χ4n) is 2.50. The first-order valence-electron chi connectivity index (χ1n) is 7.41. The van der Waals surface area contributed by atoms with Gasteiger partial charge in [0.1, 0.15) is 0 Å². The second-order valence-corrected chi connectivity index (χ2v) is 7.37. The molecule has 1 aromatic carbocycles. The van der Waals surface area contributed by atoms with Crippen LogP contribution in [0.1, 0.15) is 31.7 Å². The second kappa shape index (κ2) is 7.09. The minimum Gasteiger partial charge on any atom is -0.303 e. The van der Waals surface area contributed by atoms with E-state index in [-0.39, 0.29) is 5.75 Å². The number of hydrogen-bond donors (Lipinski definition) is 1. The standard InChI is InChI=1S/C15H24N2O2S/c1-2-20(18,19)16-15-9-7-14(8-10-15)6-5-13-17-11-3-4-12-17/h7-10,16H,2-6,11-13H2,1H3. The van der Waals surface area contributed by atoms with E-state index in [1.54, 1.807) is 6.92 Å². The first-order valence-corrected chi connectivity index (χ1v) is 9.06. The number of nitrogens with zero attached hydrogens (tertiary/aromatic N) is 1. The molecule has 0 aliphatic carbocycles. The van der Waals surface area contributed by atoms with Crippen molar-refractivity contribution in [3.63, 3.8) is 0 Å². The number of sulfonamides is 1. The third-order valence-electron chi connectivity index (χ3n) is 3.75. The van der Waals surface area contributed by atoms with Crippen LogP contribution in [0.4, 0.5) is 5.69 Å². The van der Waals surface area contributed by atoms with E-state index in [1.165, 1.54) is 44.5 Å². The summed E-state index contributed by atoms with van der Waals surface area (Å²) < 4.78 is 25.5. The molecule has 0 spiro atoms. The number of aryl methyl sites for hydroxylation is 1. The SMILES string of the molecule is CCS(=O)(=O)Nc1ccc(CCCN2CCCC2)cc1. The summed E-state index contributed by atoms with van der Waals surface area (Å²) >= 11 is 0. The molecule has 20 heavy (non-hydrogen) atoms. The molecule has 112 valence electrons. The van der Waals surface area contributed by atoms with Crippen molar-refractivity contribution in [1.29, 1.82) is 0 Å². The lowest BCUT2D eigenvalue weighted by atomic mass is 10.1. The summed E-state index contributed by atoms with van der Waals surface area (Å²) in [5.74, 6) is 0.102. The maximum absolute atomic E-state index is 11.5. The molecule has 4 nitrogen and oxygen atoms in total. The van der Waals surface area contributed by atoms with E-state index in [1.807, 2.05) is 24.3 Å². The van der Waals surface area contributed by atoms with Gasteiger partial charge in [0.05, 0.1) is 5.75 Å². The van der Waals surface area contributed by atoms with E-state index in [0.717, 1.165) is 6.42 Å². The van der Waals surface area contributed by atoms with Crippen LogP contribution in [0.3, 0.4) is 0 Å². The highest BCUT2D eigenvalue weighted by Crippen LogP contribution is 2.14. The van der Waals surface area contributed by atoms with Crippen molar-refractivity contribution in [2.24, 2.45) is 0 Å². The Morgan fingerprint density at radius 3 is 2.40 bits per heavy atom. The van der Waals surface area contributed by atoms with E-state index in [0.29, 0.717) is 5.69 Å². The highest BCUT2D eigenvalue weighted by atomic mass is 32.2. The number of anilines is 1. The highest BCUT2D eigenvalue weighted by molar-refractivity contribution is 7.92. The Hall–Kier alpha value is -1.07. The van der Waals surface area contributed by atoms with Crippen LogP contribution in [-0.4, -0.2) is 38.7 Å². The van der Waals surface area contributed by atoms with Gasteiger partial charge in [-0.2, -0.15) is 0 Å². The largest absolute Gasteiger partial charge is 0.303 e. The van der Waals surface area contributed by atoms with E-state index >= 15 is 0 Å². The molecule has 0 aromatic heterocycles. The maximum atomic E-state index is 11.5. The zero-order valence-corrected chi connectivity index (χ0v) is 13.0. The third-order valence-corrected chi connectivity index (χ3v) is 5.05. The van der Waals surface area contributed by atoms with Gasteiger partial charge in [0, 0.05) is 5.69 Å². The molecule has 1 heterocycles. The number of rotatable bonds is 7. The summed E-state index contributed by atoms with van der Waals surface area (Å²) in [6.45, 7) is 5.30. The lowest BCUT2D eigenvalue weighted by Crippen LogP contribution is -2.20. The molecule has 0 saturated carbocycles. The van der Waals surface area contributed by atoms with Crippen molar-refractivity contribution in [3.8, 4) is 0 Å². The van der Waals surface area contributed by atoms with Gasteiger partial charge in [-0.15, -0.1) is 0 Å². The molecule has 5 heteroatoms. The van der Waals surface area contributed by atoms with Gasteiger partial charge >= 0.3 is 0 Å². The van der Waals surface area contributed by atoms with Crippen LogP contribution in [0.5, 0.6) is 0 Å². The van der Waals surface area contributed by atoms with E-state index in [4.69, 9.17) is 0 Å². The fourth-order valence-corrected chi connectivity index (χ4v) is 3.14. The Labute approximate surface area is 122 Å². The second-order valence-electron chi connectivity index (χ2n) is 5.35. The van der Waals surface area contributed by atoms with E-state index in [2.05, 4.69) is 9.62 Å². The molecule has 0 radical (unpaired) electrons. The zero-order valence-electron chi connectivity index (χ0n) is 12.1. The number of likely N-dealkylation sites (tertiary alicyclic amines) is 1. The van der Waals surface area contributed by atoms with Crippen LogP contribution in [0.15, 0.2) is 24.3 Å². The van der Waals surface area contributed by atoms with Crippen molar-refractivity contribution in [2.75, 3.05) is 30.1 Å². The molecular formula is C15H24N2O2S. The average molecular weight is 296 g/mol. The van der Waals surface area contributed by atoms with Gasteiger partial charge in [0.15, 0.2) is 0 Å². The molecule has 0 amide bonds. The summed E-state index contributed by atoms with van der Waals surface area (Å²) in [6, 6.07) is 7.71. The van der Waals surface area contributed by atoms with Crippen molar-refractivity contribution in [2.45, 2.75) is 32.6 Å². The molecule has 2 rings (SSSR count). The minimum absolute atomic E-state index is 0.102. The first-order chi connectivity index (χ1) is 9.59. The molecule has 1 aliphatic rings. The van der Waals surface area contributed by atoms with Crippen molar-refractivity contribution < 1.29 is 8.42 Å². The summed E-state index contributed by atoms with van der Waals surface area (Å²) in [5, 5.41) is 0. The Balaban J connectivity index is 1.79. The lowest BCUT2D eigenvalue weighted by Gasteiger charge is -2.14. The lowest BCUT2D eigenvalue weighted by molar-refractivity contribution is 0.334. The Morgan fingerprint density at radius 1 is 1.15 bits per heavy atom. The average Bonchev–Trinajstić information content (AvgIpc) is 2.94. The molecule has 0 unspecified atom stereocenters. The summed E-state index contributed by atoms with van der Waals surface area (Å²) in [5.41, 5.74) is 1.92. The molecule has 1 saturated heterocycles. The van der Waals surface area contributed by atoms with Gasteiger partial charge in [-0.25, -0.2) is 8.42 Å². The number of hydrogen-bond acceptors (Lipinski definition) is 3. The van der Waals surface area contributed by atoms with E-state index < -0.39 is 10.0 Å². The van der Waals surface area contributed by atoms with Crippen LogP contribution < -0.4 is 4.72 Å². The third kappa shape index (κ3) is 4.80. The maximum Gasteiger partial charge on any atom is 0.232 e. The van der Waals surface area contributed by atoms with Crippen LogP contribution in [0.2, 0.25) is 0 Å². The predicted molar refractivity (Wildman–Crippen MR) is 83.5 cm³/mol. The molecule has 1 aliphatic heterocycles. The normalized spacial score (nSPS) is 16.4. The number of nitrogens with one attached hydrogen (secondary N) is 1. The van der Waals surface area contributed by atoms with Crippen LogP contribution in [0.25, 0.3) is 0 Å². The van der Waals surface area contributed by atoms with Crippen LogP contribution in [0, 0.1) is 0 Å². The van der Waals surface area contributed by atoms with Crippen LogP contribution in [-0.2, 0) is 16.4 Å². The van der Waals surface area contributed by atoms with Crippen molar-refractivity contribution in [1.82, 2.24) is 4.90 Å². The zero-order chi connectivity index (χ0) is 14.4. The fraction of sp³-hybridized carbons (Fsp3) is 0.600. The molecule has 1 fully saturated rings. The Bertz CT molecular complexity index is 505. The quantitative estimate of drug-likeness (QED) is 0.841. The number of benzene rings is 1. The monoisotopic (exact) mass is 296 g/mol. The molecule has 0 atom stereocenters. The van der Waals surface area contributed by atoms with Gasteiger partial charge in [-0.05, 0) is 69.9 Å². The minimum atomic E-state index is -3.17. The van der Waals surface area contributed by atoms with Gasteiger partial charge in [-0.1, -0.05) is 12.1 Å². The highest BCUT2D eigenvalue weighted by Gasteiger charge is 2.10. The van der Waals surface area contributed by atoms with Crippen molar-refractivity contribution >= 4 is 15.7 Å². The summed E-state index contributed by atoms with van der Waals surface area (Å²) in [7, 11) is -3.17. The van der Waals surface area contributed by atoms with Gasteiger partial charge < -0.3 is 4.90 Å². The van der Waals surface area contributed by atoms with Gasteiger partial charge in [-0.3, -0.25) is 4.72 Å². The van der Waals surface area contributed by atoms with Crippen molar-refractivity contribution in [3.05, 3.63) is 29.8 Å². The summed E-state index contributed by atoms with van der Waals surface area (Å²) in [4.78, 5) is 2.52. The van der Waals surface area contributed by atoms with Gasteiger partial charge in [0.2, 0.25) is 10.0 Å². The smallest absolute Gasteiger partial charge is 0.232 e. The van der Waals surface area contributed by atoms with Gasteiger partial charge in [0.25, 0.3) is 0 Å². The summed E-state index contributed by atoms with van der Waals surface area (Å²) in [6.07, 6.45) is 4.90. The predicted octanol–water partition coefficient (Wildman–Crippen LogP) is 2.48. The first kappa shape index (κ1) is 15.3. The molecule has 1 N–H and O–H groups in total.